The molecule has 0 N–H and O–H groups in total. The zero-order valence-corrected chi connectivity index (χ0v) is 16.0. The third-order valence-corrected chi connectivity index (χ3v) is 6.45. The van der Waals surface area contributed by atoms with Gasteiger partial charge in [-0.15, -0.1) is 0 Å². The van der Waals surface area contributed by atoms with E-state index in [0.29, 0.717) is 23.3 Å². The number of rotatable bonds is 6. The Morgan fingerprint density at radius 3 is 2.78 bits per heavy atom. The van der Waals surface area contributed by atoms with Crippen LogP contribution in [0.5, 0.6) is 5.75 Å². The predicted molar refractivity (Wildman–Crippen MR) is 97.3 cm³/mol. The van der Waals surface area contributed by atoms with Crippen molar-refractivity contribution in [1.29, 1.82) is 0 Å². The number of methoxy groups -OCH3 is 1. The molecule has 1 aromatic carbocycles. The number of ether oxygens (including phenoxy) is 2. The molecule has 0 saturated carbocycles. The Morgan fingerprint density at radius 1 is 1.33 bits per heavy atom. The molecule has 1 fully saturated rings. The predicted octanol–water partition coefficient (Wildman–Crippen LogP) is 1.17. The van der Waals surface area contributed by atoms with E-state index in [4.69, 9.17) is 13.9 Å². The molecular weight excluding hydrogens is 374 g/mol. The van der Waals surface area contributed by atoms with Gasteiger partial charge in [-0.3, -0.25) is 9.59 Å². The molecule has 1 aliphatic heterocycles. The molecule has 0 unspecified atom stereocenters. The number of carbonyl (C=O) groups is 2. The van der Waals surface area contributed by atoms with Gasteiger partial charge in [0.2, 0.25) is 0 Å². The lowest BCUT2D eigenvalue weighted by atomic mass is 10.1. The van der Waals surface area contributed by atoms with Gasteiger partial charge in [0.15, 0.2) is 16.4 Å². The smallest absolute Gasteiger partial charge is 0.310 e. The zero-order valence-electron chi connectivity index (χ0n) is 15.1. The Hall–Kier alpha value is -2.55. The SMILES string of the molecule is COc1ccc2c(CC(=O)OCC(=O)N(C)[C@@H]3CCS(=O)(=O)C3)coc2c1. The zero-order chi connectivity index (χ0) is 19.6. The van der Waals surface area contributed by atoms with Crippen LogP contribution in [0, 0.1) is 0 Å². The van der Waals surface area contributed by atoms with Crippen LogP contribution in [-0.2, 0) is 30.6 Å². The van der Waals surface area contributed by atoms with E-state index in [2.05, 4.69) is 0 Å². The highest BCUT2D eigenvalue weighted by molar-refractivity contribution is 7.91. The summed E-state index contributed by atoms with van der Waals surface area (Å²) in [5.74, 6) is -0.309. The molecular formula is C18H21NO7S. The van der Waals surface area contributed by atoms with E-state index in [1.54, 1.807) is 25.3 Å². The first-order valence-electron chi connectivity index (χ1n) is 8.45. The van der Waals surface area contributed by atoms with E-state index < -0.39 is 28.3 Å². The van der Waals surface area contributed by atoms with Gasteiger partial charge in [0.05, 0.1) is 31.3 Å². The van der Waals surface area contributed by atoms with Crippen molar-refractivity contribution in [3.63, 3.8) is 0 Å². The second-order valence-corrected chi connectivity index (χ2v) is 8.75. The van der Waals surface area contributed by atoms with Gasteiger partial charge in [-0.1, -0.05) is 0 Å². The molecule has 2 aromatic rings. The monoisotopic (exact) mass is 395 g/mol. The highest BCUT2D eigenvalue weighted by Gasteiger charge is 2.32. The van der Waals surface area contributed by atoms with Gasteiger partial charge in [0.1, 0.15) is 11.3 Å². The Labute approximate surface area is 156 Å². The Kier molecular flexibility index (Phi) is 5.41. The van der Waals surface area contributed by atoms with E-state index in [1.165, 1.54) is 18.2 Å². The molecule has 1 aromatic heterocycles. The molecule has 1 amide bonds. The third kappa shape index (κ3) is 4.41. The largest absolute Gasteiger partial charge is 0.497 e. The molecule has 0 aliphatic carbocycles. The minimum absolute atomic E-state index is 0.0336. The molecule has 1 saturated heterocycles. The van der Waals surface area contributed by atoms with Gasteiger partial charge >= 0.3 is 5.97 Å². The van der Waals surface area contributed by atoms with Crippen LogP contribution in [0.15, 0.2) is 28.9 Å². The molecule has 1 aliphatic rings. The topological polar surface area (TPSA) is 103 Å². The minimum Gasteiger partial charge on any atom is -0.497 e. The number of likely N-dealkylation sites (N-methyl/N-ethyl adjacent to an activating group) is 1. The number of esters is 1. The van der Waals surface area contributed by atoms with Crippen molar-refractivity contribution >= 4 is 32.7 Å². The fourth-order valence-corrected chi connectivity index (χ4v) is 4.84. The third-order valence-electron chi connectivity index (χ3n) is 4.70. The van der Waals surface area contributed by atoms with Gasteiger partial charge < -0.3 is 18.8 Å². The van der Waals surface area contributed by atoms with Crippen molar-refractivity contribution in [2.45, 2.75) is 18.9 Å². The van der Waals surface area contributed by atoms with Crippen LogP contribution in [0.2, 0.25) is 0 Å². The van der Waals surface area contributed by atoms with Crippen LogP contribution in [-0.4, -0.2) is 63.5 Å². The first-order valence-corrected chi connectivity index (χ1v) is 10.3. The van der Waals surface area contributed by atoms with Gasteiger partial charge in [-0.05, 0) is 18.6 Å². The summed E-state index contributed by atoms with van der Waals surface area (Å²) >= 11 is 0. The molecule has 0 radical (unpaired) electrons. The van der Waals surface area contributed by atoms with E-state index in [1.807, 2.05) is 0 Å². The van der Waals surface area contributed by atoms with Gasteiger partial charge in [-0.2, -0.15) is 0 Å². The lowest BCUT2D eigenvalue weighted by molar-refractivity contribution is -0.151. The number of carbonyl (C=O) groups excluding carboxylic acids is 2. The van der Waals surface area contributed by atoms with Crippen molar-refractivity contribution in [3.8, 4) is 5.75 Å². The second kappa shape index (κ2) is 7.59. The lowest BCUT2D eigenvalue weighted by Gasteiger charge is -2.23. The Bertz CT molecular complexity index is 963. The second-order valence-electron chi connectivity index (χ2n) is 6.52. The highest BCUT2D eigenvalue weighted by atomic mass is 32.2. The lowest BCUT2D eigenvalue weighted by Crippen LogP contribution is -2.40. The molecule has 2 heterocycles. The number of furan rings is 1. The molecule has 1 atom stereocenters. The van der Waals surface area contributed by atoms with Crippen LogP contribution in [0.25, 0.3) is 11.0 Å². The Morgan fingerprint density at radius 2 is 2.11 bits per heavy atom. The fourth-order valence-electron chi connectivity index (χ4n) is 3.06. The quantitative estimate of drug-likeness (QED) is 0.677. The van der Waals surface area contributed by atoms with E-state index in [9.17, 15) is 18.0 Å². The van der Waals surface area contributed by atoms with Crippen molar-refractivity contribution < 1.29 is 31.9 Å². The van der Waals surface area contributed by atoms with Crippen LogP contribution >= 0.6 is 0 Å². The number of hydrogen-bond donors (Lipinski definition) is 0. The summed E-state index contributed by atoms with van der Waals surface area (Å²) in [6.45, 7) is -0.421. The van der Waals surface area contributed by atoms with Crippen LogP contribution in [0.4, 0.5) is 0 Å². The van der Waals surface area contributed by atoms with Gasteiger partial charge in [0, 0.05) is 30.1 Å². The fraction of sp³-hybridized carbons (Fsp3) is 0.444. The van der Waals surface area contributed by atoms with E-state index >= 15 is 0 Å². The van der Waals surface area contributed by atoms with E-state index in [0.717, 1.165) is 5.39 Å². The number of benzene rings is 1. The maximum absolute atomic E-state index is 12.2. The van der Waals surface area contributed by atoms with Crippen LogP contribution in [0.1, 0.15) is 12.0 Å². The summed E-state index contributed by atoms with van der Waals surface area (Å²) in [4.78, 5) is 25.6. The van der Waals surface area contributed by atoms with Crippen molar-refractivity contribution in [3.05, 3.63) is 30.0 Å². The molecule has 3 rings (SSSR count). The van der Waals surface area contributed by atoms with Crippen LogP contribution < -0.4 is 4.74 Å². The number of nitrogens with zero attached hydrogens (tertiary/aromatic N) is 1. The van der Waals surface area contributed by atoms with Crippen LogP contribution in [0.3, 0.4) is 0 Å². The molecule has 146 valence electrons. The summed E-state index contributed by atoms with van der Waals surface area (Å²) < 4.78 is 38.6. The summed E-state index contributed by atoms with van der Waals surface area (Å²) in [7, 11) is -0.00701. The first-order chi connectivity index (χ1) is 12.8. The minimum atomic E-state index is -3.09. The number of sulfone groups is 1. The summed E-state index contributed by atoms with van der Waals surface area (Å²) in [6, 6.07) is 4.91. The maximum Gasteiger partial charge on any atom is 0.310 e. The van der Waals surface area contributed by atoms with Crippen molar-refractivity contribution in [2.24, 2.45) is 0 Å². The van der Waals surface area contributed by atoms with Gasteiger partial charge in [-0.25, -0.2) is 8.42 Å². The van der Waals surface area contributed by atoms with E-state index in [-0.39, 0.29) is 24.0 Å². The highest BCUT2D eigenvalue weighted by Crippen LogP contribution is 2.26. The molecule has 0 bridgehead atoms. The molecule has 9 heteroatoms. The number of fused-ring (bicyclic) bond motifs is 1. The summed E-state index contributed by atoms with van der Waals surface area (Å²) in [5.41, 5.74) is 1.25. The number of amides is 1. The average molecular weight is 395 g/mol. The Balaban J connectivity index is 1.54. The molecule has 27 heavy (non-hydrogen) atoms. The molecule has 8 nitrogen and oxygen atoms in total. The maximum atomic E-state index is 12.2. The van der Waals surface area contributed by atoms with Crippen molar-refractivity contribution in [2.75, 3.05) is 32.3 Å². The summed E-state index contributed by atoms with van der Waals surface area (Å²) in [6.07, 6.45) is 1.85. The first kappa shape index (κ1) is 19.2. The summed E-state index contributed by atoms with van der Waals surface area (Å²) in [5, 5.41) is 0.771. The van der Waals surface area contributed by atoms with Gasteiger partial charge in [0.25, 0.3) is 5.91 Å². The standard InChI is InChI=1S/C18H21NO7S/c1-19(13-5-6-27(22,23)11-13)17(20)10-26-18(21)7-12-9-25-16-8-14(24-2)3-4-15(12)16/h3-4,8-9,13H,5-7,10-11H2,1-2H3/t13-/m1/s1. The van der Waals surface area contributed by atoms with Crippen molar-refractivity contribution in [1.82, 2.24) is 4.90 Å². The normalized spacial score (nSPS) is 18.4. The molecule has 0 spiro atoms. The average Bonchev–Trinajstić information content (AvgIpc) is 3.21. The number of hydrogen-bond acceptors (Lipinski definition) is 7.